The molecule has 1 aliphatic rings. The summed E-state index contributed by atoms with van der Waals surface area (Å²) in [5, 5.41) is 7.40. The molecule has 1 saturated heterocycles. The molecule has 9 heteroatoms. The largest absolute Gasteiger partial charge is 0.324 e. The number of carbonyl (C=O) groups excluding carboxylic acids is 2. The maximum atomic E-state index is 12.9. The minimum atomic E-state index is -0.367. The lowest BCUT2D eigenvalue weighted by Gasteiger charge is -2.17. The van der Waals surface area contributed by atoms with E-state index in [0.717, 1.165) is 17.8 Å². The van der Waals surface area contributed by atoms with Gasteiger partial charge in [-0.25, -0.2) is 9.67 Å². The van der Waals surface area contributed by atoms with E-state index in [1.165, 1.54) is 17.1 Å². The van der Waals surface area contributed by atoms with E-state index in [9.17, 15) is 14.4 Å². The SMILES string of the molecule is O=C(Cn1cnc2c(cnn2-c2ccccc2)c1=O)Nc1cccc(N2CCCC2=O)c1. The molecule has 1 fully saturated rings. The number of nitrogens with zero attached hydrogens (tertiary/aromatic N) is 5. The number of hydrogen-bond acceptors (Lipinski definition) is 5. The molecule has 3 heterocycles. The fraction of sp³-hybridized carbons (Fsp3) is 0.174. The Morgan fingerprint density at radius 2 is 1.84 bits per heavy atom. The minimum absolute atomic E-state index is 0.0791. The summed E-state index contributed by atoms with van der Waals surface area (Å²) in [6.07, 6.45) is 4.18. The van der Waals surface area contributed by atoms with Gasteiger partial charge in [-0.05, 0) is 36.8 Å². The number of fused-ring (bicyclic) bond motifs is 1. The second-order valence-corrected chi connectivity index (χ2v) is 7.55. The van der Waals surface area contributed by atoms with E-state index in [-0.39, 0.29) is 23.9 Å². The van der Waals surface area contributed by atoms with Crippen LogP contribution in [0.4, 0.5) is 11.4 Å². The number of para-hydroxylation sites is 1. The Labute approximate surface area is 182 Å². The average Bonchev–Trinajstić information content (AvgIpc) is 3.43. The third-order valence-electron chi connectivity index (χ3n) is 5.38. The summed E-state index contributed by atoms with van der Waals surface area (Å²) in [6.45, 7) is 0.485. The molecule has 0 unspecified atom stereocenters. The van der Waals surface area contributed by atoms with Crippen LogP contribution in [0.3, 0.4) is 0 Å². The van der Waals surface area contributed by atoms with Gasteiger partial charge in [0.15, 0.2) is 5.65 Å². The van der Waals surface area contributed by atoms with Gasteiger partial charge in [0.1, 0.15) is 18.3 Å². The number of anilines is 2. The van der Waals surface area contributed by atoms with Crippen LogP contribution in [0.25, 0.3) is 16.7 Å². The van der Waals surface area contributed by atoms with Crippen LogP contribution in [0.15, 0.2) is 71.9 Å². The smallest absolute Gasteiger partial charge is 0.264 e. The molecule has 0 spiro atoms. The second kappa shape index (κ2) is 8.10. The van der Waals surface area contributed by atoms with Crippen LogP contribution in [0.1, 0.15) is 12.8 Å². The normalized spacial score (nSPS) is 13.6. The van der Waals surface area contributed by atoms with Gasteiger partial charge in [-0.3, -0.25) is 19.0 Å². The highest BCUT2D eigenvalue weighted by Crippen LogP contribution is 2.24. The number of amides is 2. The van der Waals surface area contributed by atoms with Crippen molar-refractivity contribution in [1.82, 2.24) is 19.3 Å². The predicted octanol–water partition coefficient (Wildman–Crippen LogP) is 2.35. The number of rotatable bonds is 5. The number of carbonyl (C=O) groups is 2. The van der Waals surface area contributed by atoms with E-state index in [1.807, 2.05) is 36.4 Å². The Hall–Kier alpha value is -4.27. The van der Waals surface area contributed by atoms with Crippen LogP contribution in [-0.4, -0.2) is 37.7 Å². The average molecular weight is 428 g/mol. The van der Waals surface area contributed by atoms with Crippen molar-refractivity contribution in [3.63, 3.8) is 0 Å². The van der Waals surface area contributed by atoms with E-state index in [4.69, 9.17) is 0 Å². The van der Waals surface area contributed by atoms with Gasteiger partial charge in [0.05, 0.1) is 11.9 Å². The third-order valence-corrected chi connectivity index (χ3v) is 5.38. The van der Waals surface area contributed by atoms with Crippen LogP contribution in [0.5, 0.6) is 0 Å². The summed E-state index contributed by atoms with van der Waals surface area (Å²) in [7, 11) is 0. The molecule has 32 heavy (non-hydrogen) atoms. The molecule has 9 nitrogen and oxygen atoms in total. The van der Waals surface area contributed by atoms with Gasteiger partial charge < -0.3 is 10.2 Å². The topological polar surface area (TPSA) is 102 Å². The van der Waals surface area contributed by atoms with E-state index in [1.54, 1.807) is 27.8 Å². The fourth-order valence-electron chi connectivity index (χ4n) is 3.85. The molecular weight excluding hydrogens is 408 g/mol. The highest BCUT2D eigenvalue weighted by molar-refractivity contribution is 5.97. The first-order chi connectivity index (χ1) is 15.6. The van der Waals surface area contributed by atoms with Crippen molar-refractivity contribution in [3.8, 4) is 5.69 Å². The Bertz CT molecular complexity index is 1380. The van der Waals surface area contributed by atoms with Crippen molar-refractivity contribution >= 4 is 34.2 Å². The molecule has 2 aromatic carbocycles. The van der Waals surface area contributed by atoms with Gasteiger partial charge in [-0.15, -0.1) is 0 Å². The maximum Gasteiger partial charge on any atom is 0.264 e. The van der Waals surface area contributed by atoms with Gasteiger partial charge in [-0.1, -0.05) is 24.3 Å². The first-order valence-corrected chi connectivity index (χ1v) is 10.3. The highest BCUT2D eigenvalue weighted by Gasteiger charge is 2.22. The van der Waals surface area contributed by atoms with Gasteiger partial charge in [0, 0.05) is 24.3 Å². The zero-order chi connectivity index (χ0) is 22.1. The van der Waals surface area contributed by atoms with Gasteiger partial charge in [-0.2, -0.15) is 5.10 Å². The second-order valence-electron chi connectivity index (χ2n) is 7.55. The van der Waals surface area contributed by atoms with Crippen LogP contribution >= 0.6 is 0 Å². The van der Waals surface area contributed by atoms with Crippen molar-refractivity contribution in [2.45, 2.75) is 19.4 Å². The quantitative estimate of drug-likeness (QED) is 0.526. The zero-order valence-electron chi connectivity index (χ0n) is 17.1. The molecule has 2 amide bonds. The number of hydrogen-bond donors (Lipinski definition) is 1. The van der Waals surface area contributed by atoms with Crippen molar-refractivity contribution in [2.24, 2.45) is 0 Å². The zero-order valence-corrected chi connectivity index (χ0v) is 17.1. The van der Waals surface area contributed by atoms with Crippen LogP contribution < -0.4 is 15.8 Å². The molecule has 2 aromatic heterocycles. The first-order valence-electron chi connectivity index (χ1n) is 10.3. The molecule has 0 saturated carbocycles. The van der Waals surface area contributed by atoms with Crippen molar-refractivity contribution in [2.75, 3.05) is 16.8 Å². The summed E-state index contributed by atoms with van der Waals surface area (Å²) in [5.41, 5.74) is 2.19. The summed E-state index contributed by atoms with van der Waals surface area (Å²) < 4.78 is 2.84. The minimum Gasteiger partial charge on any atom is -0.324 e. The lowest BCUT2D eigenvalue weighted by atomic mass is 10.2. The molecule has 4 aromatic rings. The van der Waals surface area contributed by atoms with Gasteiger partial charge in [0.25, 0.3) is 5.56 Å². The Morgan fingerprint density at radius 1 is 1.03 bits per heavy atom. The first kappa shape index (κ1) is 19.7. The van der Waals surface area contributed by atoms with Gasteiger partial charge in [0.2, 0.25) is 11.8 Å². The molecule has 5 rings (SSSR count). The van der Waals surface area contributed by atoms with Crippen molar-refractivity contribution in [1.29, 1.82) is 0 Å². The van der Waals surface area contributed by atoms with Crippen molar-refractivity contribution in [3.05, 3.63) is 77.5 Å². The Morgan fingerprint density at radius 3 is 2.62 bits per heavy atom. The number of benzene rings is 2. The number of nitrogens with one attached hydrogen (secondary N) is 1. The van der Waals surface area contributed by atoms with E-state index in [2.05, 4.69) is 15.4 Å². The molecule has 0 radical (unpaired) electrons. The van der Waals surface area contributed by atoms with Crippen molar-refractivity contribution < 1.29 is 9.59 Å². The standard InChI is InChI=1S/C23H20N6O3/c30-20(26-16-6-4-9-18(12-16)28-11-5-10-21(28)31)14-27-15-24-22-19(23(27)32)13-25-29(22)17-7-2-1-3-8-17/h1-4,6-9,12-13,15H,5,10-11,14H2,(H,26,30). The fourth-order valence-corrected chi connectivity index (χ4v) is 3.85. The van der Waals surface area contributed by atoms with Gasteiger partial charge >= 0.3 is 0 Å². The van der Waals surface area contributed by atoms with E-state index in [0.29, 0.717) is 29.7 Å². The molecular formula is C23H20N6O3. The van der Waals surface area contributed by atoms with E-state index >= 15 is 0 Å². The molecule has 0 atom stereocenters. The summed E-state index contributed by atoms with van der Waals surface area (Å²) in [5.74, 6) is -0.288. The molecule has 0 aliphatic carbocycles. The van der Waals surface area contributed by atoms with E-state index < -0.39 is 0 Å². The molecule has 160 valence electrons. The molecule has 1 N–H and O–H groups in total. The highest BCUT2D eigenvalue weighted by atomic mass is 16.2. The molecule has 0 bridgehead atoms. The Balaban J connectivity index is 1.35. The van der Waals surface area contributed by atoms with Crippen LogP contribution in [-0.2, 0) is 16.1 Å². The van der Waals surface area contributed by atoms with Crippen LogP contribution in [0, 0.1) is 0 Å². The third kappa shape index (κ3) is 3.64. The Kier molecular flexibility index (Phi) is 4.98. The molecule has 1 aliphatic heterocycles. The summed E-state index contributed by atoms with van der Waals surface area (Å²) >= 11 is 0. The monoisotopic (exact) mass is 428 g/mol. The summed E-state index contributed by atoms with van der Waals surface area (Å²) in [6, 6.07) is 16.5. The lowest BCUT2D eigenvalue weighted by molar-refractivity contribution is -0.117. The summed E-state index contributed by atoms with van der Waals surface area (Å²) in [4.78, 5) is 43.5. The van der Waals surface area contributed by atoms with Crippen LogP contribution in [0.2, 0.25) is 0 Å². The maximum absolute atomic E-state index is 12.9. The predicted molar refractivity (Wildman–Crippen MR) is 120 cm³/mol. The lowest BCUT2D eigenvalue weighted by Crippen LogP contribution is -2.28. The number of aromatic nitrogens is 4.